The summed E-state index contributed by atoms with van der Waals surface area (Å²) in [7, 11) is 0. The quantitative estimate of drug-likeness (QED) is 0.721. The molecule has 0 amide bonds. The van der Waals surface area contributed by atoms with Crippen molar-refractivity contribution < 1.29 is 13.6 Å². The molecule has 0 saturated heterocycles. The van der Waals surface area contributed by atoms with Gasteiger partial charge in [-0.3, -0.25) is 9.78 Å². The second kappa shape index (κ2) is 5.91. The van der Waals surface area contributed by atoms with Crippen molar-refractivity contribution in [1.82, 2.24) is 9.55 Å². The second-order valence-corrected chi connectivity index (χ2v) is 5.55. The standard InChI is InChI=1S/C18H16F2N2O/c1-3-14(23)9-22-10-16(20)18-17(22)7-13(8-21-18)12-4-5-15(19)11(2)6-12/h4-8,10H,3,9H2,1-2H3. The molecular weight excluding hydrogens is 298 g/mol. The summed E-state index contributed by atoms with van der Waals surface area (Å²) in [5.41, 5.74) is 2.88. The lowest BCUT2D eigenvalue weighted by atomic mass is 10.0. The molecule has 5 heteroatoms. The van der Waals surface area contributed by atoms with Gasteiger partial charge in [0.1, 0.15) is 11.3 Å². The summed E-state index contributed by atoms with van der Waals surface area (Å²) in [4.78, 5) is 15.8. The van der Waals surface area contributed by atoms with Crippen molar-refractivity contribution in [3.8, 4) is 11.1 Å². The third-order valence-corrected chi connectivity index (χ3v) is 3.90. The molecule has 0 saturated carbocycles. The molecule has 0 bridgehead atoms. The first-order chi connectivity index (χ1) is 11.0. The number of carbonyl (C=O) groups excluding carboxylic acids is 1. The summed E-state index contributed by atoms with van der Waals surface area (Å²) in [6.45, 7) is 3.58. The Balaban J connectivity index is 2.11. The number of carbonyl (C=O) groups is 1. The number of pyridine rings is 1. The number of aromatic nitrogens is 2. The molecule has 0 aliphatic carbocycles. The average Bonchev–Trinajstić information content (AvgIpc) is 2.85. The molecular formula is C18H16F2N2O. The van der Waals surface area contributed by atoms with E-state index in [4.69, 9.17) is 0 Å². The van der Waals surface area contributed by atoms with Gasteiger partial charge in [0.15, 0.2) is 11.6 Å². The van der Waals surface area contributed by atoms with Crippen molar-refractivity contribution in [1.29, 1.82) is 0 Å². The maximum atomic E-state index is 14.0. The van der Waals surface area contributed by atoms with Crippen molar-refractivity contribution in [2.24, 2.45) is 0 Å². The van der Waals surface area contributed by atoms with E-state index in [0.717, 1.165) is 11.1 Å². The molecule has 3 aromatic rings. The highest BCUT2D eigenvalue weighted by Crippen LogP contribution is 2.26. The van der Waals surface area contributed by atoms with Gasteiger partial charge in [0, 0.05) is 24.4 Å². The van der Waals surface area contributed by atoms with E-state index < -0.39 is 5.82 Å². The largest absolute Gasteiger partial charge is 0.336 e. The summed E-state index contributed by atoms with van der Waals surface area (Å²) < 4.78 is 29.0. The van der Waals surface area contributed by atoms with Crippen LogP contribution in [0.3, 0.4) is 0 Å². The topological polar surface area (TPSA) is 34.9 Å². The monoisotopic (exact) mass is 314 g/mol. The minimum Gasteiger partial charge on any atom is -0.336 e. The van der Waals surface area contributed by atoms with Gasteiger partial charge in [0.05, 0.1) is 12.1 Å². The Kier molecular flexibility index (Phi) is 3.94. The van der Waals surface area contributed by atoms with Crippen molar-refractivity contribution in [3.63, 3.8) is 0 Å². The van der Waals surface area contributed by atoms with Crippen LogP contribution < -0.4 is 0 Å². The number of aryl methyl sites for hydroxylation is 1. The zero-order valence-corrected chi connectivity index (χ0v) is 12.9. The number of rotatable bonds is 4. The third-order valence-electron chi connectivity index (χ3n) is 3.90. The fourth-order valence-electron chi connectivity index (χ4n) is 2.54. The highest BCUT2D eigenvalue weighted by molar-refractivity contribution is 5.85. The van der Waals surface area contributed by atoms with E-state index in [9.17, 15) is 13.6 Å². The molecule has 3 rings (SSSR count). The van der Waals surface area contributed by atoms with Crippen LogP contribution in [0.4, 0.5) is 8.78 Å². The Morgan fingerprint density at radius 1 is 1.17 bits per heavy atom. The number of benzene rings is 1. The van der Waals surface area contributed by atoms with Crippen molar-refractivity contribution in [3.05, 3.63) is 53.9 Å². The van der Waals surface area contributed by atoms with Gasteiger partial charge >= 0.3 is 0 Å². The maximum Gasteiger partial charge on any atom is 0.167 e. The van der Waals surface area contributed by atoms with E-state index in [1.165, 1.54) is 12.3 Å². The predicted molar refractivity (Wildman–Crippen MR) is 85.1 cm³/mol. The van der Waals surface area contributed by atoms with Gasteiger partial charge in [-0.1, -0.05) is 13.0 Å². The van der Waals surface area contributed by atoms with Gasteiger partial charge in [-0.15, -0.1) is 0 Å². The van der Waals surface area contributed by atoms with Gasteiger partial charge < -0.3 is 4.57 Å². The Hall–Kier alpha value is -2.56. The fraction of sp³-hybridized carbons (Fsp3) is 0.222. The number of halogens is 2. The van der Waals surface area contributed by atoms with Crippen molar-refractivity contribution >= 4 is 16.8 Å². The first kappa shape index (κ1) is 15.3. The van der Waals surface area contributed by atoms with Crippen LogP contribution in [0, 0.1) is 18.6 Å². The van der Waals surface area contributed by atoms with Gasteiger partial charge in [0.2, 0.25) is 0 Å². The van der Waals surface area contributed by atoms with Crippen LogP contribution in [0.25, 0.3) is 22.2 Å². The summed E-state index contributed by atoms with van der Waals surface area (Å²) in [6.07, 6.45) is 3.25. The SMILES string of the molecule is CCC(=O)Cn1cc(F)c2ncc(-c3ccc(F)c(C)c3)cc21. The van der Waals surface area contributed by atoms with Crippen LogP contribution in [0.1, 0.15) is 18.9 Å². The van der Waals surface area contributed by atoms with Gasteiger partial charge in [0.25, 0.3) is 0 Å². The number of nitrogens with zero attached hydrogens (tertiary/aromatic N) is 2. The van der Waals surface area contributed by atoms with Crippen LogP contribution in [-0.4, -0.2) is 15.3 Å². The molecule has 1 aromatic carbocycles. The molecule has 0 unspecified atom stereocenters. The Bertz CT molecular complexity index is 899. The van der Waals surface area contributed by atoms with Crippen molar-refractivity contribution in [2.75, 3.05) is 0 Å². The predicted octanol–water partition coefficient (Wildman–Crippen LogP) is 4.27. The molecule has 0 spiro atoms. The minimum atomic E-state index is -0.453. The molecule has 0 radical (unpaired) electrons. The lowest BCUT2D eigenvalue weighted by Gasteiger charge is -2.06. The number of Topliss-reactive ketones (excluding diaryl/α,β-unsaturated/α-hetero) is 1. The normalized spacial score (nSPS) is 11.1. The van der Waals surface area contributed by atoms with E-state index in [2.05, 4.69) is 4.98 Å². The number of ketones is 1. The lowest BCUT2D eigenvalue weighted by molar-refractivity contribution is -0.119. The Morgan fingerprint density at radius 2 is 1.96 bits per heavy atom. The van der Waals surface area contributed by atoms with E-state index >= 15 is 0 Å². The Morgan fingerprint density at radius 3 is 2.65 bits per heavy atom. The molecule has 0 fully saturated rings. The highest BCUT2D eigenvalue weighted by atomic mass is 19.1. The maximum absolute atomic E-state index is 14.0. The van der Waals surface area contributed by atoms with Crippen LogP contribution in [0.2, 0.25) is 0 Å². The second-order valence-electron chi connectivity index (χ2n) is 5.55. The molecule has 2 heterocycles. The lowest BCUT2D eigenvalue weighted by Crippen LogP contribution is -2.07. The molecule has 3 nitrogen and oxygen atoms in total. The average molecular weight is 314 g/mol. The van der Waals surface area contributed by atoms with Crippen LogP contribution in [0.15, 0.2) is 36.7 Å². The molecule has 2 aromatic heterocycles. The zero-order chi connectivity index (χ0) is 16.6. The fourth-order valence-corrected chi connectivity index (χ4v) is 2.54. The summed E-state index contributed by atoms with van der Waals surface area (Å²) >= 11 is 0. The molecule has 0 atom stereocenters. The molecule has 118 valence electrons. The van der Waals surface area contributed by atoms with E-state index in [1.807, 2.05) is 0 Å². The van der Waals surface area contributed by atoms with Crippen LogP contribution in [0.5, 0.6) is 0 Å². The molecule has 0 N–H and O–H groups in total. The molecule has 0 aliphatic rings. The molecule has 0 aliphatic heterocycles. The first-order valence-electron chi connectivity index (χ1n) is 7.42. The van der Waals surface area contributed by atoms with Gasteiger partial charge in [-0.25, -0.2) is 8.78 Å². The smallest absolute Gasteiger partial charge is 0.167 e. The summed E-state index contributed by atoms with van der Waals surface area (Å²) in [6, 6.07) is 6.56. The van der Waals surface area contributed by atoms with Gasteiger partial charge in [-0.05, 0) is 36.2 Å². The van der Waals surface area contributed by atoms with Crippen molar-refractivity contribution in [2.45, 2.75) is 26.8 Å². The summed E-state index contributed by atoms with van der Waals surface area (Å²) in [5.74, 6) is -0.707. The van der Waals surface area contributed by atoms with Gasteiger partial charge in [-0.2, -0.15) is 0 Å². The first-order valence-corrected chi connectivity index (χ1v) is 7.42. The van der Waals surface area contributed by atoms with E-state index in [0.29, 0.717) is 17.5 Å². The van der Waals surface area contributed by atoms with E-state index in [1.54, 1.807) is 42.8 Å². The Labute approximate surface area is 132 Å². The third kappa shape index (κ3) is 2.86. The van der Waals surface area contributed by atoms with Crippen LogP contribution in [-0.2, 0) is 11.3 Å². The number of hydrogen-bond acceptors (Lipinski definition) is 2. The van der Waals surface area contributed by atoms with Crippen LogP contribution >= 0.6 is 0 Å². The summed E-state index contributed by atoms with van der Waals surface area (Å²) in [5, 5.41) is 0. The zero-order valence-electron chi connectivity index (χ0n) is 12.9. The van der Waals surface area contributed by atoms with E-state index in [-0.39, 0.29) is 23.7 Å². The number of hydrogen-bond donors (Lipinski definition) is 0. The molecule has 23 heavy (non-hydrogen) atoms. The highest BCUT2D eigenvalue weighted by Gasteiger charge is 2.13. The number of fused-ring (bicyclic) bond motifs is 1. The minimum absolute atomic E-state index is 0.0185.